The number of rotatable bonds is 7. The zero-order valence-electron chi connectivity index (χ0n) is 17.2. The Kier molecular flexibility index (Phi) is 6.72. The molecule has 2 N–H and O–H groups in total. The van der Waals surface area contributed by atoms with Crippen LogP contribution in [0, 0.1) is 0 Å². The second-order valence-corrected chi connectivity index (χ2v) is 8.39. The van der Waals surface area contributed by atoms with Crippen molar-refractivity contribution in [2.75, 3.05) is 11.1 Å². The van der Waals surface area contributed by atoms with Crippen LogP contribution in [0.2, 0.25) is 5.02 Å². The van der Waals surface area contributed by atoms with Gasteiger partial charge in [0.15, 0.2) is 11.0 Å². The van der Waals surface area contributed by atoms with Gasteiger partial charge in [-0.05, 0) is 35.7 Å². The van der Waals surface area contributed by atoms with Crippen LogP contribution >= 0.6 is 23.4 Å². The molecule has 2 amide bonds. The standard InChI is InChI=1S/C23H20ClN5O2S/c1-29-20(13-25-22(31)16-9-11-17(24)12-10-16)27-28-23(29)32-14-21(30)26-19-8-4-6-15-5-2-3-7-18(15)19/h2-12H,13-14H2,1H3,(H,25,31)(H,26,30). The minimum absolute atomic E-state index is 0.132. The van der Waals surface area contributed by atoms with Crippen molar-refractivity contribution in [1.29, 1.82) is 0 Å². The van der Waals surface area contributed by atoms with E-state index < -0.39 is 0 Å². The molecule has 0 radical (unpaired) electrons. The van der Waals surface area contributed by atoms with E-state index in [0.29, 0.717) is 21.6 Å². The number of aromatic nitrogens is 3. The molecular formula is C23H20ClN5O2S. The van der Waals surface area contributed by atoms with E-state index >= 15 is 0 Å². The van der Waals surface area contributed by atoms with Crippen molar-refractivity contribution < 1.29 is 9.59 Å². The summed E-state index contributed by atoms with van der Waals surface area (Å²) in [6.45, 7) is 0.216. The summed E-state index contributed by atoms with van der Waals surface area (Å²) in [4.78, 5) is 24.7. The molecule has 1 heterocycles. The minimum Gasteiger partial charge on any atom is -0.345 e. The Morgan fingerprint density at radius 2 is 1.75 bits per heavy atom. The molecule has 0 aliphatic carbocycles. The van der Waals surface area contributed by atoms with Crippen LogP contribution < -0.4 is 10.6 Å². The number of hydrogen-bond acceptors (Lipinski definition) is 5. The van der Waals surface area contributed by atoms with Gasteiger partial charge in [0.05, 0.1) is 12.3 Å². The fourth-order valence-electron chi connectivity index (χ4n) is 3.14. The number of amides is 2. The van der Waals surface area contributed by atoms with Crippen LogP contribution in [0.25, 0.3) is 10.8 Å². The van der Waals surface area contributed by atoms with Crippen molar-refractivity contribution in [1.82, 2.24) is 20.1 Å². The van der Waals surface area contributed by atoms with Crippen molar-refractivity contribution in [2.45, 2.75) is 11.7 Å². The summed E-state index contributed by atoms with van der Waals surface area (Å²) in [6, 6.07) is 20.3. The Morgan fingerprint density at radius 3 is 2.56 bits per heavy atom. The third-order valence-electron chi connectivity index (χ3n) is 4.83. The van der Waals surface area contributed by atoms with Crippen LogP contribution in [0.15, 0.2) is 71.9 Å². The third kappa shape index (κ3) is 5.09. The highest BCUT2D eigenvalue weighted by atomic mass is 35.5. The number of benzene rings is 3. The fourth-order valence-corrected chi connectivity index (χ4v) is 3.99. The smallest absolute Gasteiger partial charge is 0.251 e. The monoisotopic (exact) mass is 465 g/mol. The van der Waals surface area contributed by atoms with Gasteiger partial charge in [-0.15, -0.1) is 10.2 Å². The molecule has 0 unspecified atom stereocenters. The largest absolute Gasteiger partial charge is 0.345 e. The van der Waals surface area contributed by atoms with Crippen molar-refractivity contribution in [2.24, 2.45) is 7.05 Å². The van der Waals surface area contributed by atoms with Crippen molar-refractivity contribution >= 4 is 51.6 Å². The van der Waals surface area contributed by atoms with Crippen LogP contribution in [-0.4, -0.2) is 32.3 Å². The first kappa shape index (κ1) is 21.9. The molecule has 0 saturated carbocycles. The molecule has 7 nitrogen and oxygen atoms in total. The molecule has 0 fully saturated rings. The average molecular weight is 466 g/mol. The quantitative estimate of drug-likeness (QED) is 0.397. The van der Waals surface area contributed by atoms with Gasteiger partial charge in [0.1, 0.15) is 0 Å². The van der Waals surface area contributed by atoms with Crippen LogP contribution in [0.4, 0.5) is 5.69 Å². The summed E-state index contributed by atoms with van der Waals surface area (Å²) in [6.07, 6.45) is 0. The summed E-state index contributed by atoms with van der Waals surface area (Å²) >= 11 is 7.13. The van der Waals surface area contributed by atoms with Crippen molar-refractivity contribution in [3.05, 3.63) is 83.1 Å². The third-order valence-corrected chi connectivity index (χ3v) is 6.11. The second kappa shape index (κ2) is 9.84. The van der Waals surface area contributed by atoms with E-state index in [2.05, 4.69) is 20.8 Å². The minimum atomic E-state index is -0.228. The normalized spacial score (nSPS) is 10.8. The van der Waals surface area contributed by atoms with Gasteiger partial charge in [0.25, 0.3) is 5.91 Å². The molecule has 0 aliphatic rings. The summed E-state index contributed by atoms with van der Waals surface area (Å²) in [5.41, 5.74) is 1.29. The van der Waals surface area contributed by atoms with Gasteiger partial charge >= 0.3 is 0 Å². The molecule has 0 atom stereocenters. The number of carbonyl (C=O) groups excluding carboxylic acids is 2. The Balaban J connectivity index is 1.33. The highest BCUT2D eigenvalue weighted by Gasteiger charge is 2.14. The van der Waals surface area contributed by atoms with Crippen LogP contribution in [0.1, 0.15) is 16.2 Å². The van der Waals surface area contributed by atoms with Gasteiger partial charge in [0, 0.05) is 28.7 Å². The topological polar surface area (TPSA) is 88.9 Å². The Labute approximate surface area is 194 Å². The first-order valence-corrected chi connectivity index (χ1v) is 11.2. The van der Waals surface area contributed by atoms with Gasteiger partial charge in [-0.1, -0.05) is 59.8 Å². The SMILES string of the molecule is Cn1c(CNC(=O)c2ccc(Cl)cc2)nnc1SCC(=O)Nc1cccc2ccccc12. The van der Waals surface area contributed by atoms with Gasteiger partial charge in [-0.25, -0.2) is 0 Å². The Bertz CT molecular complexity index is 1270. The maximum atomic E-state index is 12.5. The molecule has 0 bridgehead atoms. The number of hydrogen-bond donors (Lipinski definition) is 2. The lowest BCUT2D eigenvalue weighted by molar-refractivity contribution is -0.113. The molecule has 0 saturated heterocycles. The lowest BCUT2D eigenvalue weighted by atomic mass is 10.1. The van der Waals surface area contributed by atoms with E-state index in [4.69, 9.17) is 11.6 Å². The number of carbonyl (C=O) groups is 2. The Hall–Kier alpha value is -3.36. The lowest BCUT2D eigenvalue weighted by Gasteiger charge is -2.09. The average Bonchev–Trinajstić information content (AvgIpc) is 3.16. The van der Waals surface area contributed by atoms with Gasteiger partial charge < -0.3 is 15.2 Å². The summed E-state index contributed by atoms with van der Waals surface area (Å²) in [5, 5.41) is 17.2. The highest BCUT2D eigenvalue weighted by Crippen LogP contribution is 2.23. The summed E-state index contributed by atoms with van der Waals surface area (Å²) in [5.74, 6) is 0.413. The number of fused-ring (bicyclic) bond motifs is 1. The van der Waals surface area contributed by atoms with E-state index in [0.717, 1.165) is 16.5 Å². The molecule has 3 aromatic carbocycles. The van der Waals surface area contributed by atoms with E-state index in [1.54, 1.807) is 35.9 Å². The molecule has 0 aliphatic heterocycles. The molecule has 9 heteroatoms. The van der Waals surface area contributed by atoms with Gasteiger partial charge in [-0.3, -0.25) is 9.59 Å². The van der Waals surface area contributed by atoms with E-state index in [1.165, 1.54) is 11.8 Å². The number of halogens is 1. The zero-order valence-corrected chi connectivity index (χ0v) is 18.8. The van der Waals surface area contributed by atoms with Crippen molar-refractivity contribution in [3.8, 4) is 0 Å². The first-order chi connectivity index (χ1) is 15.5. The molecule has 1 aromatic heterocycles. The molecule has 4 aromatic rings. The lowest BCUT2D eigenvalue weighted by Crippen LogP contribution is -2.24. The van der Waals surface area contributed by atoms with Gasteiger partial charge in [-0.2, -0.15) is 0 Å². The number of anilines is 1. The van der Waals surface area contributed by atoms with E-state index in [9.17, 15) is 9.59 Å². The summed E-state index contributed by atoms with van der Waals surface area (Å²) < 4.78 is 1.76. The van der Waals surface area contributed by atoms with Crippen LogP contribution in [0.3, 0.4) is 0 Å². The molecule has 0 spiro atoms. The van der Waals surface area contributed by atoms with Gasteiger partial charge in [0.2, 0.25) is 5.91 Å². The molecule has 162 valence electrons. The Morgan fingerprint density at radius 1 is 1.00 bits per heavy atom. The molecule has 4 rings (SSSR count). The molecule has 32 heavy (non-hydrogen) atoms. The van der Waals surface area contributed by atoms with Crippen molar-refractivity contribution in [3.63, 3.8) is 0 Å². The predicted molar refractivity (Wildman–Crippen MR) is 127 cm³/mol. The first-order valence-electron chi connectivity index (χ1n) is 9.84. The van der Waals surface area contributed by atoms with E-state index in [1.807, 2.05) is 42.5 Å². The highest BCUT2D eigenvalue weighted by molar-refractivity contribution is 7.99. The predicted octanol–water partition coefficient (Wildman–Crippen LogP) is 4.28. The van der Waals surface area contributed by atoms with Crippen LogP contribution in [-0.2, 0) is 18.4 Å². The molecular weight excluding hydrogens is 446 g/mol. The number of thioether (sulfide) groups is 1. The zero-order chi connectivity index (χ0) is 22.5. The van der Waals surface area contributed by atoms with E-state index in [-0.39, 0.29) is 24.1 Å². The maximum Gasteiger partial charge on any atom is 0.251 e. The number of nitrogens with zero attached hydrogens (tertiary/aromatic N) is 3. The second-order valence-electron chi connectivity index (χ2n) is 7.01. The fraction of sp³-hybridized carbons (Fsp3) is 0.130. The maximum absolute atomic E-state index is 12.5. The summed E-state index contributed by atoms with van der Waals surface area (Å²) in [7, 11) is 1.80. The van der Waals surface area contributed by atoms with Crippen LogP contribution in [0.5, 0.6) is 0 Å². The number of nitrogens with one attached hydrogen (secondary N) is 2.